The van der Waals surface area contributed by atoms with Crippen molar-refractivity contribution in [2.75, 3.05) is 33.4 Å². The first kappa shape index (κ1) is 17.8. The van der Waals surface area contributed by atoms with Crippen molar-refractivity contribution in [3.63, 3.8) is 0 Å². The molecule has 1 unspecified atom stereocenters. The lowest BCUT2D eigenvalue weighted by molar-refractivity contribution is -0.142. The Balaban J connectivity index is 2.18. The Morgan fingerprint density at radius 1 is 1.38 bits per heavy atom. The summed E-state index contributed by atoms with van der Waals surface area (Å²) >= 11 is 0. The number of hydrogen-bond acceptors (Lipinski definition) is 3. The number of amides is 2. The van der Waals surface area contributed by atoms with Crippen molar-refractivity contribution < 1.29 is 19.4 Å². The first-order valence-corrected chi connectivity index (χ1v) is 7.69. The Labute approximate surface area is 126 Å². The molecule has 1 fully saturated rings. The summed E-state index contributed by atoms with van der Waals surface area (Å²) in [5.74, 6) is -0.388. The van der Waals surface area contributed by atoms with E-state index in [-0.39, 0.29) is 18.5 Å². The molecule has 0 aromatic heterocycles. The summed E-state index contributed by atoms with van der Waals surface area (Å²) in [6.45, 7) is 5.93. The molecular formula is C15H28N2O4. The molecule has 0 aliphatic heterocycles. The van der Waals surface area contributed by atoms with Gasteiger partial charge in [-0.15, -0.1) is 0 Å². The standard InChI is InChI=1S/C15H28N2O4/c1-11(2)8-13(14(18)19)9-16-15(20)17(3)6-7-21-10-12-4-5-12/h11-13H,4-10H2,1-3H3,(H,16,20)(H,18,19). The third-order valence-corrected chi connectivity index (χ3v) is 3.57. The lowest BCUT2D eigenvalue weighted by Gasteiger charge is -2.20. The Hall–Kier alpha value is -1.30. The third kappa shape index (κ3) is 7.90. The third-order valence-electron chi connectivity index (χ3n) is 3.57. The van der Waals surface area contributed by atoms with E-state index in [0.717, 1.165) is 12.5 Å². The molecule has 1 aliphatic rings. The maximum absolute atomic E-state index is 11.9. The smallest absolute Gasteiger partial charge is 0.317 e. The van der Waals surface area contributed by atoms with E-state index in [1.807, 2.05) is 13.8 Å². The number of aliphatic carboxylic acids is 1. The fourth-order valence-electron chi connectivity index (χ4n) is 2.02. The van der Waals surface area contributed by atoms with Crippen molar-refractivity contribution >= 4 is 12.0 Å². The monoisotopic (exact) mass is 300 g/mol. The van der Waals surface area contributed by atoms with Gasteiger partial charge in [-0.3, -0.25) is 4.79 Å². The van der Waals surface area contributed by atoms with E-state index in [9.17, 15) is 9.59 Å². The zero-order valence-corrected chi connectivity index (χ0v) is 13.3. The number of ether oxygens (including phenoxy) is 1. The summed E-state index contributed by atoms with van der Waals surface area (Å²) in [6.07, 6.45) is 3.06. The van der Waals surface area contributed by atoms with Crippen molar-refractivity contribution in [3.05, 3.63) is 0 Å². The number of nitrogens with one attached hydrogen (secondary N) is 1. The molecule has 2 N–H and O–H groups in total. The van der Waals surface area contributed by atoms with Crippen molar-refractivity contribution in [3.8, 4) is 0 Å². The average Bonchev–Trinajstić information content (AvgIpc) is 3.22. The molecule has 122 valence electrons. The number of carboxylic acid groups (broad SMARTS) is 1. The predicted octanol–water partition coefficient (Wildman–Crippen LogP) is 1.80. The molecule has 0 spiro atoms. The molecule has 0 aromatic rings. The number of carbonyl (C=O) groups excluding carboxylic acids is 1. The molecule has 0 radical (unpaired) electrons. The Kier molecular flexibility index (Phi) is 7.50. The first-order chi connectivity index (χ1) is 9.90. The summed E-state index contributed by atoms with van der Waals surface area (Å²) in [4.78, 5) is 24.5. The van der Waals surface area contributed by atoms with Gasteiger partial charge in [0.25, 0.3) is 0 Å². The van der Waals surface area contributed by atoms with Crippen molar-refractivity contribution in [2.24, 2.45) is 17.8 Å². The van der Waals surface area contributed by atoms with Gasteiger partial charge >= 0.3 is 12.0 Å². The maximum Gasteiger partial charge on any atom is 0.317 e. The minimum atomic E-state index is -0.862. The molecule has 1 aliphatic carbocycles. The highest BCUT2D eigenvalue weighted by atomic mass is 16.5. The van der Waals surface area contributed by atoms with Crippen LogP contribution in [0.1, 0.15) is 33.1 Å². The Morgan fingerprint density at radius 2 is 2.05 bits per heavy atom. The van der Waals surface area contributed by atoms with E-state index in [1.54, 1.807) is 7.05 Å². The first-order valence-electron chi connectivity index (χ1n) is 7.69. The Bertz CT molecular complexity index is 343. The molecule has 0 bridgehead atoms. The summed E-state index contributed by atoms with van der Waals surface area (Å²) in [5.41, 5.74) is 0. The molecule has 1 rings (SSSR count). The number of nitrogens with zero attached hydrogens (tertiary/aromatic N) is 1. The number of carbonyl (C=O) groups is 2. The SMILES string of the molecule is CC(C)CC(CNC(=O)N(C)CCOCC1CC1)C(=O)O. The minimum Gasteiger partial charge on any atom is -0.481 e. The number of likely N-dealkylation sites (N-methyl/N-ethyl adjacent to an activating group) is 1. The molecule has 1 saturated carbocycles. The summed E-state index contributed by atoms with van der Waals surface area (Å²) in [5, 5.41) is 11.8. The van der Waals surface area contributed by atoms with Gasteiger partial charge in [-0.1, -0.05) is 13.8 Å². The second kappa shape index (κ2) is 8.87. The van der Waals surface area contributed by atoms with E-state index in [2.05, 4.69) is 5.32 Å². The highest BCUT2D eigenvalue weighted by molar-refractivity contribution is 5.75. The van der Waals surface area contributed by atoms with Crippen LogP contribution in [0, 0.1) is 17.8 Å². The predicted molar refractivity (Wildman–Crippen MR) is 80.2 cm³/mol. The van der Waals surface area contributed by atoms with E-state index < -0.39 is 11.9 Å². The van der Waals surface area contributed by atoms with Crippen LogP contribution in [0.4, 0.5) is 4.79 Å². The van der Waals surface area contributed by atoms with Crippen LogP contribution in [-0.2, 0) is 9.53 Å². The van der Waals surface area contributed by atoms with Crippen LogP contribution in [0.5, 0.6) is 0 Å². The second-order valence-electron chi connectivity index (χ2n) is 6.29. The van der Waals surface area contributed by atoms with Crippen molar-refractivity contribution in [1.29, 1.82) is 0 Å². The van der Waals surface area contributed by atoms with E-state index >= 15 is 0 Å². The van der Waals surface area contributed by atoms with Crippen LogP contribution >= 0.6 is 0 Å². The van der Waals surface area contributed by atoms with Crippen LogP contribution in [0.15, 0.2) is 0 Å². The molecule has 21 heavy (non-hydrogen) atoms. The molecule has 1 atom stereocenters. The van der Waals surface area contributed by atoms with E-state index in [4.69, 9.17) is 9.84 Å². The number of urea groups is 1. The van der Waals surface area contributed by atoms with Gasteiger partial charge in [-0.05, 0) is 31.1 Å². The number of hydrogen-bond donors (Lipinski definition) is 2. The summed E-state index contributed by atoms with van der Waals surface area (Å²) in [6, 6.07) is -0.250. The topological polar surface area (TPSA) is 78.9 Å². The van der Waals surface area contributed by atoms with E-state index in [1.165, 1.54) is 17.7 Å². The molecule has 0 aromatic carbocycles. The molecule has 0 heterocycles. The van der Waals surface area contributed by atoms with Crippen molar-refractivity contribution in [1.82, 2.24) is 10.2 Å². The minimum absolute atomic E-state index is 0.166. The molecular weight excluding hydrogens is 272 g/mol. The summed E-state index contributed by atoms with van der Waals surface area (Å²) < 4.78 is 5.48. The van der Waals surface area contributed by atoms with Crippen LogP contribution in [-0.4, -0.2) is 55.4 Å². The zero-order chi connectivity index (χ0) is 15.8. The van der Waals surface area contributed by atoms with Crippen LogP contribution in [0.25, 0.3) is 0 Å². The quantitative estimate of drug-likeness (QED) is 0.603. The number of carboxylic acids is 1. The normalized spacial score (nSPS) is 15.8. The molecule has 0 saturated heterocycles. The average molecular weight is 300 g/mol. The molecule has 2 amide bonds. The fraction of sp³-hybridized carbons (Fsp3) is 0.867. The van der Waals surface area contributed by atoms with Gasteiger partial charge in [-0.2, -0.15) is 0 Å². The lowest BCUT2D eigenvalue weighted by atomic mass is 9.97. The molecule has 6 heteroatoms. The van der Waals surface area contributed by atoms with Crippen molar-refractivity contribution in [2.45, 2.75) is 33.1 Å². The van der Waals surface area contributed by atoms with Gasteiger partial charge in [0.1, 0.15) is 0 Å². The largest absolute Gasteiger partial charge is 0.481 e. The van der Waals surface area contributed by atoms with Crippen LogP contribution in [0.2, 0.25) is 0 Å². The van der Waals surface area contributed by atoms with Gasteiger partial charge in [0.05, 0.1) is 12.5 Å². The zero-order valence-electron chi connectivity index (χ0n) is 13.3. The lowest BCUT2D eigenvalue weighted by Crippen LogP contribution is -2.42. The second-order valence-corrected chi connectivity index (χ2v) is 6.29. The highest BCUT2D eigenvalue weighted by Crippen LogP contribution is 2.28. The van der Waals surface area contributed by atoms with Crippen LogP contribution < -0.4 is 5.32 Å². The van der Waals surface area contributed by atoms with Gasteiger partial charge in [0.15, 0.2) is 0 Å². The Morgan fingerprint density at radius 3 is 2.57 bits per heavy atom. The maximum atomic E-state index is 11.9. The highest BCUT2D eigenvalue weighted by Gasteiger charge is 2.22. The van der Waals surface area contributed by atoms with Gasteiger partial charge < -0.3 is 20.1 Å². The van der Waals surface area contributed by atoms with Gasteiger partial charge in [-0.25, -0.2) is 4.79 Å². The molecule has 6 nitrogen and oxygen atoms in total. The van der Waals surface area contributed by atoms with Gasteiger partial charge in [0, 0.05) is 26.7 Å². The fourth-order valence-corrected chi connectivity index (χ4v) is 2.02. The number of rotatable bonds is 10. The van der Waals surface area contributed by atoms with Gasteiger partial charge in [0.2, 0.25) is 0 Å². The van der Waals surface area contributed by atoms with Crippen LogP contribution in [0.3, 0.4) is 0 Å². The summed E-state index contributed by atoms with van der Waals surface area (Å²) in [7, 11) is 1.69. The van der Waals surface area contributed by atoms with E-state index in [0.29, 0.717) is 19.6 Å².